The van der Waals surface area contributed by atoms with Gasteiger partial charge in [0.25, 0.3) is 10.0 Å². The number of pyridine rings is 3. The van der Waals surface area contributed by atoms with Crippen molar-refractivity contribution in [3.05, 3.63) is 66.7 Å². The van der Waals surface area contributed by atoms with Gasteiger partial charge in [-0.05, 0) is 69.3 Å². The Balaban J connectivity index is 1.40. The van der Waals surface area contributed by atoms with Crippen LogP contribution in [-0.2, 0) is 20.2 Å². The minimum atomic E-state index is -3.93. The number of likely N-dealkylation sites (N-methyl/N-ethyl adjacent to an activating group) is 1. The Labute approximate surface area is 233 Å². The van der Waals surface area contributed by atoms with Crippen LogP contribution in [0.5, 0.6) is 5.88 Å². The van der Waals surface area contributed by atoms with Gasteiger partial charge in [0.15, 0.2) is 0 Å². The van der Waals surface area contributed by atoms with Gasteiger partial charge in [-0.25, -0.2) is 13.4 Å². The molecule has 1 aliphatic heterocycles. The summed E-state index contributed by atoms with van der Waals surface area (Å²) >= 11 is 0. The maximum Gasteiger partial charge on any atom is 0.263 e. The molecular formula is C29H30N6O4S. The van der Waals surface area contributed by atoms with E-state index in [4.69, 9.17) is 4.74 Å². The molecule has 40 heavy (non-hydrogen) atoms. The van der Waals surface area contributed by atoms with Crippen molar-refractivity contribution in [2.45, 2.75) is 29.6 Å². The van der Waals surface area contributed by atoms with Crippen LogP contribution in [0.3, 0.4) is 0 Å². The van der Waals surface area contributed by atoms with E-state index in [0.717, 1.165) is 53.5 Å². The first-order chi connectivity index (χ1) is 19.2. The third kappa shape index (κ3) is 4.54. The highest BCUT2D eigenvalue weighted by molar-refractivity contribution is 7.92. The lowest BCUT2D eigenvalue weighted by Gasteiger charge is -2.16. The number of nitrogens with zero attached hydrogens (tertiary/aromatic N) is 5. The summed E-state index contributed by atoms with van der Waals surface area (Å²) in [5, 5.41) is 0.923. The molecule has 6 rings (SSSR count). The standard InChI is InChI=1S/C29H30N6O4S/c1-34(2)12-5-13-39-27-24(33-40(37,38)21-6-4-11-30-17-21)15-20(16-32-27)19-7-8-23-22(14-19)26-25(18-31-23)35(3)28(36)29(26)9-10-29/h4,6-8,11,14-18,33H,5,9-10,12-13H2,1-3H3. The molecule has 3 aromatic heterocycles. The second kappa shape index (κ2) is 9.83. The number of hydrogen-bond donors (Lipinski definition) is 1. The van der Waals surface area contributed by atoms with Crippen LogP contribution in [0.2, 0.25) is 0 Å². The van der Waals surface area contributed by atoms with Gasteiger partial charge in [0.05, 0.1) is 29.4 Å². The van der Waals surface area contributed by atoms with Crippen molar-refractivity contribution in [2.75, 3.05) is 43.9 Å². The highest BCUT2D eigenvalue weighted by Gasteiger charge is 2.59. The van der Waals surface area contributed by atoms with Gasteiger partial charge in [0.2, 0.25) is 11.8 Å². The predicted octanol–water partition coefficient (Wildman–Crippen LogP) is 3.83. The number of carbonyl (C=O) groups excluding carboxylic acids is 1. The topological polar surface area (TPSA) is 118 Å². The van der Waals surface area contributed by atoms with Gasteiger partial charge in [0.1, 0.15) is 10.6 Å². The molecule has 4 aromatic rings. The van der Waals surface area contributed by atoms with Crippen LogP contribution >= 0.6 is 0 Å². The molecule has 0 saturated heterocycles. The Morgan fingerprint density at radius 2 is 1.90 bits per heavy atom. The third-order valence-corrected chi connectivity index (χ3v) is 8.86. The molecule has 1 saturated carbocycles. The number of fused-ring (bicyclic) bond motifs is 4. The van der Waals surface area contributed by atoms with E-state index in [-0.39, 0.29) is 22.4 Å². The van der Waals surface area contributed by atoms with Crippen molar-refractivity contribution >= 4 is 38.2 Å². The highest BCUT2D eigenvalue weighted by Crippen LogP contribution is 2.58. The van der Waals surface area contributed by atoms with E-state index < -0.39 is 15.4 Å². The average molecular weight is 559 g/mol. The quantitative estimate of drug-likeness (QED) is 0.308. The number of anilines is 2. The maximum absolute atomic E-state index is 13.2. The van der Waals surface area contributed by atoms with E-state index in [1.54, 1.807) is 36.5 Å². The van der Waals surface area contributed by atoms with Crippen LogP contribution in [-0.4, -0.2) is 68.5 Å². The van der Waals surface area contributed by atoms with Crippen LogP contribution in [0.25, 0.3) is 22.0 Å². The number of hydrogen-bond acceptors (Lipinski definition) is 8. The van der Waals surface area contributed by atoms with Crippen molar-refractivity contribution in [3.63, 3.8) is 0 Å². The van der Waals surface area contributed by atoms with Crippen LogP contribution in [0, 0.1) is 0 Å². The van der Waals surface area contributed by atoms with Crippen molar-refractivity contribution < 1.29 is 17.9 Å². The van der Waals surface area contributed by atoms with Crippen molar-refractivity contribution in [1.29, 1.82) is 0 Å². The fraction of sp³-hybridized carbons (Fsp3) is 0.310. The molecule has 0 bridgehead atoms. The molecule has 1 fully saturated rings. The molecule has 0 radical (unpaired) electrons. The summed E-state index contributed by atoms with van der Waals surface area (Å²) < 4.78 is 34.9. The SMILES string of the molecule is CN(C)CCCOc1ncc(-c2ccc3ncc4c(c3c2)C2(CC2)C(=O)N4C)cc1NS(=O)(=O)c1cccnc1. The zero-order valence-corrected chi connectivity index (χ0v) is 23.4. The Bertz CT molecular complexity index is 1720. The summed E-state index contributed by atoms with van der Waals surface area (Å²) in [4.78, 5) is 29.9. The van der Waals surface area contributed by atoms with Crippen LogP contribution < -0.4 is 14.4 Å². The average Bonchev–Trinajstić information content (AvgIpc) is 3.72. The molecular weight excluding hydrogens is 528 g/mol. The number of aromatic nitrogens is 3. The van der Waals surface area contributed by atoms with Gasteiger partial charge < -0.3 is 14.5 Å². The minimum Gasteiger partial charge on any atom is -0.476 e. The molecule has 4 heterocycles. The number of amides is 1. The smallest absolute Gasteiger partial charge is 0.263 e. The van der Waals surface area contributed by atoms with Crippen molar-refractivity contribution in [1.82, 2.24) is 19.9 Å². The molecule has 1 aromatic carbocycles. The number of sulfonamides is 1. The van der Waals surface area contributed by atoms with E-state index in [9.17, 15) is 13.2 Å². The van der Waals surface area contributed by atoms with E-state index in [2.05, 4.69) is 19.7 Å². The zero-order chi connectivity index (χ0) is 28.1. The number of carbonyl (C=O) groups is 1. The molecule has 10 nitrogen and oxygen atoms in total. The first-order valence-electron chi connectivity index (χ1n) is 13.1. The van der Waals surface area contributed by atoms with E-state index >= 15 is 0 Å². The van der Waals surface area contributed by atoms with E-state index in [1.807, 2.05) is 37.2 Å². The number of rotatable bonds is 9. The molecule has 206 valence electrons. The lowest BCUT2D eigenvalue weighted by atomic mass is 9.92. The van der Waals surface area contributed by atoms with Gasteiger partial charge in [-0.1, -0.05) is 6.07 Å². The third-order valence-electron chi connectivity index (χ3n) is 7.51. The maximum atomic E-state index is 13.2. The number of benzene rings is 1. The summed E-state index contributed by atoms with van der Waals surface area (Å²) in [5.74, 6) is 0.314. The Hall–Kier alpha value is -4.09. The molecule has 1 spiro atoms. The second-order valence-corrected chi connectivity index (χ2v) is 12.3. The van der Waals surface area contributed by atoms with E-state index in [1.165, 1.54) is 18.5 Å². The summed E-state index contributed by atoms with van der Waals surface area (Å²) in [6.07, 6.45) is 8.66. The first kappa shape index (κ1) is 26.1. The van der Waals surface area contributed by atoms with E-state index in [0.29, 0.717) is 12.2 Å². The van der Waals surface area contributed by atoms with Gasteiger partial charge in [0, 0.05) is 48.7 Å². The molecule has 1 amide bonds. The second-order valence-electron chi connectivity index (χ2n) is 10.6. The van der Waals surface area contributed by atoms with Crippen LogP contribution in [0.4, 0.5) is 11.4 Å². The molecule has 2 aliphatic rings. The Kier molecular flexibility index (Phi) is 6.42. The van der Waals surface area contributed by atoms with Gasteiger partial charge >= 0.3 is 0 Å². The van der Waals surface area contributed by atoms with Gasteiger partial charge in [-0.15, -0.1) is 0 Å². The lowest BCUT2D eigenvalue weighted by molar-refractivity contribution is -0.119. The monoisotopic (exact) mass is 558 g/mol. The molecule has 1 N–H and O–H groups in total. The molecule has 0 atom stereocenters. The number of nitrogens with one attached hydrogen (secondary N) is 1. The lowest BCUT2D eigenvalue weighted by Crippen LogP contribution is -2.28. The first-order valence-corrected chi connectivity index (χ1v) is 14.6. The molecule has 1 aliphatic carbocycles. The molecule has 0 unspecified atom stereocenters. The normalized spacial score (nSPS) is 15.6. The van der Waals surface area contributed by atoms with Gasteiger partial charge in [-0.3, -0.25) is 19.5 Å². The summed E-state index contributed by atoms with van der Waals surface area (Å²) in [6.45, 7) is 1.20. The van der Waals surface area contributed by atoms with Crippen molar-refractivity contribution in [3.8, 4) is 17.0 Å². The fourth-order valence-electron chi connectivity index (χ4n) is 5.30. The van der Waals surface area contributed by atoms with Crippen molar-refractivity contribution in [2.24, 2.45) is 0 Å². The number of ether oxygens (including phenoxy) is 1. The minimum absolute atomic E-state index is 0.0369. The fourth-order valence-corrected chi connectivity index (χ4v) is 6.31. The predicted molar refractivity (Wildman–Crippen MR) is 153 cm³/mol. The summed E-state index contributed by atoms with van der Waals surface area (Å²) in [5.41, 5.74) is 3.98. The Morgan fingerprint density at radius 3 is 2.62 bits per heavy atom. The van der Waals surface area contributed by atoms with Crippen LogP contribution in [0.1, 0.15) is 24.8 Å². The zero-order valence-electron chi connectivity index (χ0n) is 22.6. The van der Waals surface area contributed by atoms with Crippen LogP contribution in [0.15, 0.2) is 66.1 Å². The Morgan fingerprint density at radius 1 is 1.07 bits per heavy atom. The summed E-state index contributed by atoms with van der Waals surface area (Å²) in [7, 11) is 1.82. The van der Waals surface area contributed by atoms with Gasteiger partial charge in [-0.2, -0.15) is 0 Å². The molecule has 11 heteroatoms. The summed E-state index contributed by atoms with van der Waals surface area (Å²) in [6, 6.07) is 10.6. The largest absolute Gasteiger partial charge is 0.476 e. The highest BCUT2D eigenvalue weighted by atomic mass is 32.2.